The fraction of sp³-hybridized carbons (Fsp3) is 0.538. The van der Waals surface area contributed by atoms with Gasteiger partial charge in [0.25, 0.3) is 0 Å². The average Bonchev–Trinajstić information content (AvgIpc) is 2.27. The number of rotatable bonds is 4. The van der Waals surface area contributed by atoms with E-state index in [1.807, 2.05) is 13.8 Å². The van der Waals surface area contributed by atoms with E-state index in [-0.39, 0.29) is 11.3 Å². The second kappa shape index (κ2) is 5.76. The number of hydrogen-bond donors (Lipinski definition) is 0. The molecule has 0 nitrogen and oxygen atoms in total. The first-order valence-electron chi connectivity index (χ1n) is 5.67. The molecule has 2 atom stereocenters. The van der Waals surface area contributed by atoms with Crippen LogP contribution in [0.5, 0.6) is 0 Å². The predicted molar refractivity (Wildman–Crippen MR) is 64.4 cm³/mol. The van der Waals surface area contributed by atoms with E-state index in [2.05, 4.69) is 0 Å². The summed E-state index contributed by atoms with van der Waals surface area (Å²) in [5.41, 5.74) is 0.238. The lowest BCUT2D eigenvalue weighted by molar-refractivity contribution is -0.137. The first kappa shape index (κ1) is 14.4. The summed E-state index contributed by atoms with van der Waals surface area (Å²) in [5.74, 6) is 0.0684. The van der Waals surface area contributed by atoms with E-state index in [0.29, 0.717) is 0 Å². The van der Waals surface area contributed by atoms with E-state index in [9.17, 15) is 13.2 Å². The number of alkyl halides is 4. The molecule has 0 spiro atoms. The van der Waals surface area contributed by atoms with Crippen LogP contribution in [0.25, 0.3) is 0 Å². The van der Waals surface area contributed by atoms with Gasteiger partial charge in [0, 0.05) is 5.38 Å². The van der Waals surface area contributed by atoms with Crippen LogP contribution in [0, 0.1) is 0 Å². The molecule has 0 aliphatic heterocycles. The quantitative estimate of drug-likeness (QED) is 0.654. The smallest absolute Gasteiger partial charge is 0.166 e. The molecule has 0 aliphatic carbocycles. The Morgan fingerprint density at radius 3 is 2.12 bits per heavy atom. The van der Waals surface area contributed by atoms with Gasteiger partial charge in [0.1, 0.15) is 0 Å². The van der Waals surface area contributed by atoms with Gasteiger partial charge in [-0.05, 0) is 30.0 Å². The van der Waals surface area contributed by atoms with Crippen LogP contribution < -0.4 is 0 Å². The topological polar surface area (TPSA) is 0 Å². The van der Waals surface area contributed by atoms with Crippen molar-refractivity contribution in [3.8, 4) is 0 Å². The molecule has 0 heterocycles. The van der Waals surface area contributed by atoms with Crippen molar-refractivity contribution in [3.63, 3.8) is 0 Å². The van der Waals surface area contributed by atoms with E-state index in [4.69, 9.17) is 11.6 Å². The summed E-state index contributed by atoms with van der Waals surface area (Å²) < 4.78 is 37.1. The lowest BCUT2D eigenvalue weighted by atomic mass is 9.94. The van der Waals surface area contributed by atoms with Gasteiger partial charge in [0.05, 0.1) is 5.56 Å². The lowest BCUT2D eigenvalue weighted by Gasteiger charge is -2.18. The van der Waals surface area contributed by atoms with Gasteiger partial charge in [-0.15, -0.1) is 11.6 Å². The van der Waals surface area contributed by atoms with Crippen LogP contribution in [0.2, 0.25) is 0 Å². The molecule has 0 bridgehead atoms. The van der Waals surface area contributed by atoms with Gasteiger partial charge in [-0.1, -0.05) is 32.4 Å². The number of hydrogen-bond acceptors (Lipinski definition) is 0. The molecule has 2 unspecified atom stereocenters. The molecule has 1 aromatic rings. The van der Waals surface area contributed by atoms with E-state index in [1.54, 1.807) is 0 Å². The van der Waals surface area contributed by atoms with Crippen molar-refractivity contribution in [3.05, 3.63) is 35.4 Å². The molecule has 0 saturated heterocycles. The average molecular weight is 265 g/mol. The summed E-state index contributed by atoms with van der Waals surface area (Å²) >= 11 is 6.17. The Hall–Kier alpha value is -0.700. The molecule has 0 N–H and O–H groups in total. The van der Waals surface area contributed by atoms with Crippen LogP contribution in [-0.2, 0) is 6.18 Å². The molecular formula is C13H16ClF3. The Morgan fingerprint density at radius 1 is 1.18 bits per heavy atom. The van der Waals surface area contributed by atoms with Crippen molar-refractivity contribution in [1.29, 1.82) is 0 Å². The van der Waals surface area contributed by atoms with Crippen molar-refractivity contribution in [2.45, 2.75) is 44.2 Å². The second-order valence-electron chi connectivity index (χ2n) is 4.21. The van der Waals surface area contributed by atoms with Gasteiger partial charge in [-0.3, -0.25) is 0 Å². The molecule has 0 aromatic heterocycles. The fourth-order valence-electron chi connectivity index (χ4n) is 1.71. The van der Waals surface area contributed by atoms with Crippen molar-refractivity contribution in [1.82, 2.24) is 0 Å². The maximum Gasteiger partial charge on any atom is 0.416 e. The third-order valence-corrected chi connectivity index (χ3v) is 3.47. The number of benzene rings is 1. The third-order valence-electron chi connectivity index (χ3n) is 2.87. The van der Waals surface area contributed by atoms with Crippen LogP contribution in [0.4, 0.5) is 13.2 Å². The molecule has 0 amide bonds. The van der Waals surface area contributed by atoms with Gasteiger partial charge in [-0.25, -0.2) is 0 Å². The van der Waals surface area contributed by atoms with Gasteiger partial charge in [0.2, 0.25) is 0 Å². The summed E-state index contributed by atoms with van der Waals surface area (Å²) in [5, 5.41) is -0.0308. The van der Waals surface area contributed by atoms with Crippen LogP contribution in [0.1, 0.15) is 43.7 Å². The molecule has 0 fully saturated rings. The van der Waals surface area contributed by atoms with Crippen LogP contribution in [0.15, 0.2) is 24.3 Å². The second-order valence-corrected chi connectivity index (χ2v) is 4.77. The van der Waals surface area contributed by atoms with E-state index in [0.717, 1.165) is 30.5 Å². The van der Waals surface area contributed by atoms with Crippen LogP contribution in [-0.4, -0.2) is 5.38 Å². The third kappa shape index (κ3) is 3.91. The molecule has 1 aromatic carbocycles. The highest BCUT2D eigenvalue weighted by molar-refractivity contribution is 6.21. The highest BCUT2D eigenvalue weighted by Gasteiger charge is 2.30. The van der Waals surface area contributed by atoms with Crippen LogP contribution in [0.3, 0.4) is 0 Å². The molecule has 0 saturated carbocycles. The molecule has 4 heteroatoms. The van der Waals surface area contributed by atoms with Gasteiger partial charge in [-0.2, -0.15) is 13.2 Å². The van der Waals surface area contributed by atoms with Gasteiger partial charge >= 0.3 is 6.18 Å². The zero-order chi connectivity index (χ0) is 13.1. The SMILES string of the molecule is CCCC(Cl)C(C)c1ccc(C(F)(F)F)cc1. The predicted octanol–water partition coefficient (Wildman–Crippen LogP) is 5.22. The van der Waals surface area contributed by atoms with E-state index < -0.39 is 11.7 Å². The Bertz CT molecular complexity index is 343. The maximum atomic E-state index is 12.4. The summed E-state index contributed by atoms with van der Waals surface area (Å²) in [4.78, 5) is 0. The molecular weight excluding hydrogens is 249 g/mol. The first-order chi connectivity index (χ1) is 7.86. The summed E-state index contributed by atoms with van der Waals surface area (Å²) in [6.07, 6.45) is -2.44. The maximum absolute atomic E-state index is 12.4. The highest BCUT2D eigenvalue weighted by atomic mass is 35.5. The van der Waals surface area contributed by atoms with Gasteiger partial charge < -0.3 is 0 Å². The Labute approximate surface area is 105 Å². The monoisotopic (exact) mass is 264 g/mol. The normalized spacial score (nSPS) is 15.6. The Kier molecular flexibility index (Phi) is 4.87. The molecule has 17 heavy (non-hydrogen) atoms. The summed E-state index contributed by atoms with van der Waals surface area (Å²) in [6.45, 7) is 3.98. The van der Waals surface area contributed by atoms with Gasteiger partial charge in [0.15, 0.2) is 0 Å². The fourth-order valence-corrected chi connectivity index (χ4v) is 2.07. The van der Waals surface area contributed by atoms with Crippen molar-refractivity contribution in [2.75, 3.05) is 0 Å². The van der Waals surface area contributed by atoms with E-state index >= 15 is 0 Å². The standard InChI is InChI=1S/C13H16ClF3/c1-3-4-12(14)9(2)10-5-7-11(8-6-10)13(15,16)17/h5-9,12H,3-4H2,1-2H3. The molecule has 96 valence electrons. The summed E-state index contributed by atoms with van der Waals surface area (Å²) in [6, 6.07) is 5.25. The number of halogens is 4. The summed E-state index contributed by atoms with van der Waals surface area (Å²) in [7, 11) is 0. The lowest BCUT2D eigenvalue weighted by Crippen LogP contribution is -2.10. The minimum absolute atomic E-state index is 0.0308. The Balaban J connectivity index is 2.80. The highest BCUT2D eigenvalue weighted by Crippen LogP contribution is 2.32. The molecule has 0 radical (unpaired) electrons. The molecule has 1 rings (SSSR count). The van der Waals surface area contributed by atoms with E-state index in [1.165, 1.54) is 12.1 Å². The van der Waals surface area contributed by atoms with Crippen molar-refractivity contribution < 1.29 is 13.2 Å². The van der Waals surface area contributed by atoms with Crippen LogP contribution >= 0.6 is 11.6 Å². The van der Waals surface area contributed by atoms with Crippen molar-refractivity contribution in [2.24, 2.45) is 0 Å². The Morgan fingerprint density at radius 2 is 1.71 bits per heavy atom. The first-order valence-corrected chi connectivity index (χ1v) is 6.11. The zero-order valence-electron chi connectivity index (χ0n) is 9.89. The largest absolute Gasteiger partial charge is 0.416 e. The minimum Gasteiger partial charge on any atom is -0.166 e. The van der Waals surface area contributed by atoms with Crippen molar-refractivity contribution >= 4 is 11.6 Å². The molecule has 0 aliphatic rings. The zero-order valence-corrected chi connectivity index (χ0v) is 10.6. The minimum atomic E-state index is -4.27.